The van der Waals surface area contributed by atoms with E-state index < -0.39 is 0 Å². The van der Waals surface area contributed by atoms with Crippen LogP contribution >= 0.6 is 11.3 Å². The molecule has 2 N–H and O–H groups in total. The first-order valence-corrected chi connectivity index (χ1v) is 7.96. The molecule has 0 radical (unpaired) electrons. The number of hydrogen-bond donors (Lipinski definition) is 2. The van der Waals surface area contributed by atoms with Crippen LogP contribution in [-0.4, -0.2) is 40.6 Å². The number of hydrogen-bond acceptors (Lipinski definition) is 5. The van der Waals surface area contributed by atoms with E-state index in [4.69, 9.17) is 9.84 Å². The third kappa shape index (κ3) is 3.73. The molecule has 6 nitrogen and oxygen atoms in total. The quantitative estimate of drug-likeness (QED) is 0.811. The van der Waals surface area contributed by atoms with Gasteiger partial charge >= 0.3 is 0 Å². The first kappa shape index (κ1) is 16.7. The summed E-state index contributed by atoms with van der Waals surface area (Å²) in [6.45, 7) is 4.24. The van der Waals surface area contributed by atoms with Crippen molar-refractivity contribution in [2.75, 3.05) is 19.8 Å². The predicted octanol–water partition coefficient (Wildman–Crippen LogP) is 1.58. The first-order valence-electron chi connectivity index (χ1n) is 7.08. The van der Waals surface area contributed by atoms with Gasteiger partial charge in [-0.3, -0.25) is 9.48 Å². The molecule has 2 rings (SSSR count). The minimum Gasteiger partial charge on any atom is -0.394 e. The zero-order valence-corrected chi connectivity index (χ0v) is 13.8. The molecule has 0 bridgehead atoms. The number of thiophene rings is 1. The Morgan fingerprint density at radius 2 is 2.32 bits per heavy atom. The van der Waals surface area contributed by atoms with E-state index in [0.717, 1.165) is 10.6 Å². The van der Waals surface area contributed by atoms with Gasteiger partial charge in [0, 0.05) is 24.2 Å². The van der Waals surface area contributed by atoms with Crippen molar-refractivity contribution in [3.63, 3.8) is 0 Å². The van der Waals surface area contributed by atoms with Gasteiger partial charge < -0.3 is 15.2 Å². The van der Waals surface area contributed by atoms with Crippen LogP contribution in [0.5, 0.6) is 0 Å². The summed E-state index contributed by atoms with van der Waals surface area (Å²) < 4.78 is 7.31. The summed E-state index contributed by atoms with van der Waals surface area (Å²) in [5, 5.41) is 18.0. The van der Waals surface area contributed by atoms with Crippen molar-refractivity contribution >= 4 is 17.2 Å². The Morgan fingerprint density at radius 3 is 2.86 bits per heavy atom. The van der Waals surface area contributed by atoms with Crippen LogP contribution in [0.15, 0.2) is 17.5 Å². The Bertz CT molecular complexity index is 622. The Kier molecular flexibility index (Phi) is 5.70. The van der Waals surface area contributed by atoms with Gasteiger partial charge in [0.05, 0.1) is 24.5 Å². The third-order valence-electron chi connectivity index (χ3n) is 3.45. The molecule has 0 aliphatic heterocycles. The molecule has 22 heavy (non-hydrogen) atoms. The van der Waals surface area contributed by atoms with Crippen LogP contribution in [0.2, 0.25) is 0 Å². The molecule has 7 heteroatoms. The maximum absolute atomic E-state index is 12.4. The molecule has 2 aromatic rings. The molecule has 0 saturated heterocycles. The highest BCUT2D eigenvalue weighted by atomic mass is 32.1. The van der Waals surface area contributed by atoms with E-state index in [-0.39, 0.29) is 25.2 Å². The van der Waals surface area contributed by atoms with E-state index in [2.05, 4.69) is 10.4 Å². The maximum Gasteiger partial charge on any atom is 0.255 e. The average Bonchev–Trinajstić information content (AvgIpc) is 3.08. The topological polar surface area (TPSA) is 76.4 Å². The van der Waals surface area contributed by atoms with Gasteiger partial charge in [0.2, 0.25) is 0 Å². The Balaban J connectivity index is 2.04. The van der Waals surface area contributed by atoms with Crippen LogP contribution in [0.3, 0.4) is 0 Å². The fourth-order valence-electron chi connectivity index (χ4n) is 2.29. The van der Waals surface area contributed by atoms with Crippen LogP contribution in [0.25, 0.3) is 0 Å². The number of amides is 1. The number of carbonyl (C=O) groups is 1. The molecule has 1 atom stereocenters. The smallest absolute Gasteiger partial charge is 0.255 e. The van der Waals surface area contributed by atoms with Gasteiger partial charge in [-0.1, -0.05) is 6.07 Å². The van der Waals surface area contributed by atoms with E-state index >= 15 is 0 Å². The molecular formula is C15H21N3O3S. The Hall–Kier alpha value is -1.70. The molecule has 0 unspecified atom stereocenters. The van der Waals surface area contributed by atoms with E-state index in [0.29, 0.717) is 17.8 Å². The highest BCUT2D eigenvalue weighted by Gasteiger charge is 2.20. The standard InChI is InChI=1S/C15H21N3O3S/c1-10-14(11(2)18(3)17-10)15(20)16-9-12(21-7-6-19)13-5-4-8-22-13/h4-5,8,12,19H,6-7,9H2,1-3H3,(H,16,20)/t12-/m1/s1. The van der Waals surface area contributed by atoms with E-state index in [9.17, 15) is 4.79 Å². The summed E-state index contributed by atoms with van der Waals surface area (Å²) in [7, 11) is 1.82. The molecule has 0 aromatic carbocycles. The minimum atomic E-state index is -0.256. The zero-order valence-electron chi connectivity index (χ0n) is 13.0. The summed E-state index contributed by atoms with van der Waals surface area (Å²) in [6.07, 6.45) is -0.256. The molecule has 2 heterocycles. The second kappa shape index (κ2) is 7.53. The van der Waals surface area contributed by atoms with Crippen molar-refractivity contribution in [1.29, 1.82) is 0 Å². The van der Waals surface area contributed by atoms with Crippen LogP contribution in [0.4, 0.5) is 0 Å². The summed E-state index contributed by atoms with van der Waals surface area (Å²) in [6, 6.07) is 3.89. The van der Waals surface area contributed by atoms with Crippen LogP contribution < -0.4 is 5.32 Å². The molecule has 0 aliphatic rings. The predicted molar refractivity (Wildman–Crippen MR) is 85.1 cm³/mol. The van der Waals surface area contributed by atoms with Gasteiger partial charge in [-0.15, -0.1) is 11.3 Å². The van der Waals surface area contributed by atoms with Gasteiger partial charge in [0.1, 0.15) is 6.10 Å². The van der Waals surface area contributed by atoms with Crippen LogP contribution in [0.1, 0.15) is 32.7 Å². The van der Waals surface area contributed by atoms with Crippen molar-refractivity contribution in [2.24, 2.45) is 7.05 Å². The van der Waals surface area contributed by atoms with Gasteiger partial charge in [-0.2, -0.15) is 5.10 Å². The molecule has 0 spiro atoms. The van der Waals surface area contributed by atoms with Gasteiger partial charge in [0.15, 0.2) is 0 Å². The SMILES string of the molecule is Cc1nn(C)c(C)c1C(=O)NC[C@@H](OCCO)c1cccs1. The van der Waals surface area contributed by atoms with Crippen molar-refractivity contribution < 1.29 is 14.6 Å². The number of aromatic nitrogens is 2. The second-order valence-electron chi connectivity index (χ2n) is 4.98. The van der Waals surface area contributed by atoms with E-state index in [1.807, 2.05) is 38.4 Å². The van der Waals surface area contributed by atoms with Crippen molar-refractivity contribution in [2.45, 2.75) is 20.0 Å². The summed E-state index contributed by atoms with van der Waals surface area (Å²) in [4.78, 5) is 13.4. The van der Waals surface area contributed by atoms with Crippen LogP contribution in [-0.2, 0) is 11.8 Å². The summed E-state index contributed by atoms with van der Waals surface area (Å²) >= 11 is 1.56. The lowest BCUT2D eigenvalue weighted by Gasteiger charge is -2.17. The lowest BCUT2D eigenvalue weighted by Crippen LogP contribution is -2.30. The van der Waals surface area contributed by atoms with Crippen molar-refractivity contribution in [3.05, 3.63) is 39.3 Å². The highest BCUT2D eigenvalue weighted by molar-refractivity contribution is 7.10. The molecule has 0 saturated carbocycles. The van der Waals surface area contributed by atoms with Gasteiger partial charge in [0.25, 0.3) is 5.91 Å². The number of aliphatic hydroxyl groups excluding tert-OH is 1. The van der Waals surface area contributed by atoms with Gasteiger partial charge in [-0.25, -0.2) is 0 Å². The number of ether oxygens (including phenoxy) is 1. The van der Waals surface area contributed by atoms with Crippen molar-refractivity contribution in [3.8, 4) is 0 Å². The second-order valence-corrected chi connectivity index (χ2v) is 5.96. The maximum atomic E-state index is 12.4. The first-order chi connectivity index (χ1) is 10.5. The molecule has 0 aliphatic carbocycles. The average molecular weight is 323 g/mol. The van der Waals surface area contributed by atoms with E-state index in [1.165, 1.54) is 0 Å². The fraction of sp³-hybridized carbons (Fsp3) is 0.467. The number of aliphatic hydroxyl groups is 1. The highest BCUT2D eigenvalue weighted by Crippen LogP contribution is 2.22. The summed E-state index contributed by atoms with van der Waals surface area (Å²) in [5.41, 5.74) is 2.15. The Morgan fingerprint density at radius 1 is 1.55 bits per heavy atom. The van der Waals surface area contributed by atoms with Crippen LogP contribution in [0, 0.1) is 13.8 Å². The van der Waals surface area contributed by atoms with Crippen molar-refractivity contribution in [1.82, 2.24) is 15.1 Å². The number of nitrogens with one attached hydrogen (secondary N) is 1. The molecule has 1 amide bonds. The normalized spacial score (nSPS) is 12.4. The number of rotatable bonds is 7. The number of aryl methyl sites for hydroxylation is 2. The number of carbonyl (C=O) groups excluding carboxylic acids is 1. The molecule has 0 fully saturated rings. The Labute approximate surface area is 133 Å². The third-order valence-corrected chi connectivity index (χ3v) is 4.42. The minimum absolute atomic E-state index is 0.0450. The van der Waals surface area contributed by atoms with E-state index in [1.54, 1.807) is 16.0 Å². The summed E-state index contributed by atoms with van der Waals surface area (Å²) in [5.74, 6) is -0.155. The largest absolute Gasteiger partial charge is 0.394 e. The lowest BCUT2D eigenvalue weighted by atomic mass is 10.2. The fourth-order valence-corrected chi connectivity index (χ4v) is 3.06. The molecule has 2 aromatic heterocycles. The number of nitrogens with zero attached hydrogens (tertiary/aromatic N) is 2. The zero-order chi connectivity index (χ0) is 16.1. The van der Waals surface area contributed by atoms with Gasteiger partial charge in [-0.05, 0) is 25.3 Å². The molecule has 120 valence electrons. The molecular weight excluding hydrogens is 302 g/mol. The monoisotopic (exact) mass is 323 g/mol. The lowest BCUT2D eigenvalue weighted by molar-refractivity contribution is 0.0296.